The Bertz CT molecular complexity index is 1840. The number of hydrogen-bond acceptors (Lipinski definition) is 8. The van der Waals surface area contributed by atoms with Crippen LogP contribution in [0.4, 0.5) is 22.7 Å². The lowest BCUT2D eigenvalue weighted by atomic mass is 10.0. The number of aromatic hydroxyl groups is 1. The summed E-state index contributed by atoms with van der Waals surface area (Å²) < 4.78 is 16.2. The van der Waals surface area contributed by atoms with Crippen LogP contribution in [0.2, 0.25) is 0 Å². The average molecular weight is 577 g/mol. The van der Waals surface area contributed by atoms with Gasteiger partial charge in [0.25, 0.3) is 11.8 Å². The molecule has 0 bridgehead atoms. The molecule has 0 aliphatic heterocycles. The summed E-state index contributed by atoms with van der Waals surface area (Å²) in [6.07, 6.45) is 0. The zero-order valence-corrected chi connectivity index (χ0v) is 23.6. The Balaban J connectivity index is 1.52. The molecule has 2 amide bonds. The largest absolute Gasteiger partial charge is 0.505 e. The zero-order chi connectivity index (χ0) is 30.3. The summed E-state index contributed by atoms with van der Waals surface area (Å²) in [6.45, 7) is 0. The molecule has 5 aromatic carbocycles. The number of hydrogen-bond donors (Lipinski definition) is 3. The molecule has 10 heteroatoms. The SMILES string of the molecule is COc1ccc(OC)c(NC(=O)c2cc3ccccc3c(N=Nc3cccc(C(=O)Nc4ccccc4)c3OC)c2O)c1. The first kappa shape index (κ1) is 28.6. The third-order valence-corrected chi connectivity index (χ3v) is 6.63. The van der Waals surface area contributed by atoms with E-state index in [0.29, 0.717) is 33.6 Å². The van der Waals surface area contributed by atoms with E-state index in [9.17, 15) is 14.7 Å². The second kappa shape index (κ2) is 12.7. The molecule has 216 valence electrons. The van der Waals surface area contributed by atoms with E-state index < -0.39 is 5.91 Å². The number of para-hydroxylation sites is 2. The Kier molecular flexibility index (Phi) is 8.48. The number of ether oxygens (including phenoxy) is 3. The summed E-state index contributed by atoms with van der Waals surface area (Å²) in [5, 5.41) is 26.8. The van der Waals surface area contributed by atoms with E-state index in [2.05, 4.69) is 20.9 Å². The molecule has 0 saturated heterocycles. The lowest BCUT2D eigenvalue weighted by Crippen LogP contribution is -2.13. The molecule has 10 nitrogen and oxygen atoms in total. The molecule has 0 fully saturated rings. The van der Waals surface area contributed by atoms with Gasteiger partial charge in [-0.1, -0.05) is 48.5 Å². The molecule has 0 aliphatic carbocycles. The number of nitrogens with one attached hydrogen (secondary N) is 2. The first-order chi connectivity index (χ1) is 20.9. The molecule has 0 atom stereocenters. The van der Waals surface area contributed by atoms with E-state index in [0.717, 1.165) is 0 Å². The second-order valence-corrected chi connectivity index (χ2v) is 9.24. The van der Waals surface area contributed by atoms with Crippen LogP contribution in [0.25, 0.3) is 10.8 Å². The number of fused-ring (bicyclic) bond motifs is 1. The number of rotatable bonds is 9. The molecule has 0 radical (unpaired) electrons. The normalized spacial score (nSPS) is 10.9. The van der Waals surface area contributed by atoms with Crippen LogP contribution in [-0.4, -0.2) is 38.3 Å². The van der Waals surface area contributed by atoms with Gasteiger partial charge in [0.1, 0.15) is 22.9 Å². The molecular weight excluding hydrogens is 548 g/mol. The van der Waals surface area contributed by atoms with Gasteiger partial charge in [0.05, 0.1) is 38.1 Å². The Hall–Kier alpha value is -5.90. The van der Waals surface area contributed by atoms with E-state index in [1.54, 1.807) is 72.8 Å². The molecular formula is C33H28N4O6. The number of anilines is 2. The molecule has 0 spiro atoms. The van der Waals surface area contributed by atoms with Crippen molar-refractivity contribution < 1.29 is 28.9 Å². The van der Waals surface area contributed by atoms with Gasteiger partial charge in [-0.15, -0.1) is 10.2 Å². The predicted octanol–water partition coefficient (Wildman–Crippen LogP) is 7.49. The summed E-state index contributed by atoms with van der Waals surface area (Å²) in [5.41, 5.74) is 1.53. The van der Waals surface area contributed by atoms with Crippen LogP contribution in [0, 0.1) is 0 Å². The van der Waals surface area contributed by atoms with Gasteiger partial charge in [0.15, 0.2) is 11.5 Å². The molecule has 0 heterocycles. The Labute approximate surface area is 247 Å². The van der Waals surface area contributed by atoms with Gasteiger partial charge >= 0.3 is 0 Å². The molecule has 3 N–H and O–H groups in total. The molecule has 43 heavy (non-hydrogen) atoms. The molecule has 0 aromatic heterocycles. The van der Waals surface area contributed by atoms with Gasteiger partial charge < -0.3 is 30.0 Å². The van der Waals surface area contributed by atoms with E-state index in [1.165, 1.54) is 21.3 Å². The summed E-state index contributed by atoms with van der Waals surface area (Å²) >= 11 is 0. The first-order valence-corrected chi connectivity index (χ1v) is 13.2. The number of nitrogens with zero attached hydrogens (tertiary/aromatic N) is 2. The second-order valence-electron chi connectivity index (χ2n) is 9.24. The highest BCUT2D eigenvalue weighted by molar-refractivity contribution is 6.12. The van der Waals surface area contributed by atoms with Gasteiger partial charge in [0, 0.05) is 17.1 Å². The summed E-state index contributed by atoms with van der Waals surface area (Å²) in [7, 11) is 4.43. The maximum Gasteiger partial charge on any atom is 0.259 e. The third kappa shape index (κ3) is 6.08. The van der Waals surface area contributed by atoms with Crippen LogP contribution in [0.5, 0.6) is 23.0 Å². The topological polar surface area (TPSA) is 131 Å². The van der Waals surface area contributed by atoms with Crippen LogP contribution >= 0.6 is 0 Å². The maximum atomic E-state index is 13.4. The minimum atomic E-state index is -0.594. The number of amides is 2. The fourth-order valence-electron chi connectivity index (χ4n) is 4.51. The average Bonchev–Trinajstić information content (AvgIpc) is 3.04. The summed E-state index contributed by atoms with van der Waals surface area (Å²) in [4.78, 5) is 26.5. The Morgan fingerprint density at radius 3 is 2.19 bits per heavy atom. The van der Waals surface area contributed by atoms with E-state index in [-0.39, 0.29) is 39.9 Å². The first-order valence-electron chi connectivity index (χ1n) is 13.2. The van der Waals surface area contributed by atoms with Crippen molar-refractivity contribution >= 4 is 45.3 Å². The zero-order valence-electron chi connectivity index (χ0n) is 23.6. The molecule has 0 aliphatic rings. The lowest BCUT2D eigenvalue weighted by Gasteiger charge is -2.14. The minimum Gasteiger partial charge on any atom is -0.505 e. The molecule has 0 saturated carbocycles. The van der Waals surface area contributed by atoms with Crippen LogP contribution in [0.3, 0.4) is 0 Å². The number of phenolic OH excluding ortho intramolecular Hbond substituents is 1. The lowest BCUT2D eigenvalue weighted by molar-refractivity contribution is 0.101. The van der Waals surface area contributed by atoms with Gasteiger partial charge in [-0.05, 0) is 47.9 Å². The summed E-state index contributed by atoms with van der Waals surface area (Å²) in [6, 6.07) is 27.6. The van der Waals surface area contributed by atoms with Gasteiger partial charge in [-0.25, -0.2) is 0 Å². The van der Waals surface area contributed by atoms with Crippen LogP contribution in [0.15, 0.2) is 107 Å². The molecule has 5 rings (SSSR count). The number of azo groups is 1. The van der Waals surface area contributed by atoms with Crippen molar-refractivity contribution in [1.82, 2.24) is 0 Å². The van der Waals surface area contributed by atoms with Crippen molar-refractivity contribution in [3.05, 3.63) is 108 Å². The fraction of sp³-hybridized carbons (Fsp3) is 0.0909. The van der Waals surface area contributed by atoms with Crippen LogP contribution in [0.1, 0.15) is 20.7 Å². The highest BCUT2D eigenvalue weighted by atomic mass is 16.5. The van der Waals surface area contributed by atoms with E-state index in [1.807, 2.05) is 24.3 Å². The number of methoxy groups -OCH3 is 3. The van der Waals surface area contributed by atoms with Crippen molar-refractivity contribution in [3.63, 3.8) is 0 Å². The predicted molar refractivity (Wildman–Crippen MR) is 165 cm³/mol. The van der Waals surface area contributed by atoms with E-state index >= 15 is 0 Å². The minimum absolute atomic E-state index is 0.0273. The fourth-order valence-corrected chi connectivity index (χ4v) is 4.51. The molecule has 5 aromatic rings. The summed E-state index contributed by atoms with van der Waals surface area (Å²) in [5.74, 6) is -0.232. The van der Waals surface area contributed by atoms with Crippen LogP contribution in [-0.2, 0) is 0 Å². The number of phenols is 1. The van der Waals surface area contributed by atoms with Crippen molar-refractivity contribution in [2.75, 3.05) is 32.0 Å². The van der Waals surface area contributed by atoms with E-state index in [4.69, 9.17) is 14.2 Å². The highest BCUT2D eigenvalue weighted by Gasteiger charge is 2.21. The van der Waals surface area contributed by atoms with Crippen molar-refractivity contribution in [2.45, 2.75) is 0 Å². The monoisotopic (exact) mass is 576 g/mol. The number of carbonyl (C=O) groups excluding carboxylic acids is 2. The Morgan fingerprint density at radius 1 is 0.698 bits per heavy atom. The van der Waals surface area contributed by atoms with Gasteiger partial charge in [-0.2, -0.15) is 0 Å². The third-order valence-electron chi connectivity index (χ3n) is 6.63. The highest BCUT2D eigenvalue weighted by Crippen LogP contribution is 2.41. The molecule has 0 unspecified atom stereocenters. The smallest absolute Gasteiger partial charge is 0.259 e. The number of benzene rings is 5. The standard InChI is InChI=1S/C33H28N4O6/c1-41-22-16-17-28(42-2)27(19-22)35-33(40)25-18-20-10-7-8-13-23(20)29(30(25)38)37-36-26-15-9-14-24(31(26)43-3)32(39)34-21-11-5-4-6-12-21/h4-19,38H,1-3H3,(H,34,39)(H,35,40). The van der Waals surface area contributed by atoms with Crippen molar-refractivity contribution in [2.24, 2.45) is 10.2 Å². The van der Waals surface area contributed by atoms with Crippen molar-refractivity contribution in [1.29, 1.82) is 0 Å². The maximum absolute atomic E-state index is 13.4. The number of carbonyl (C=O) groups is 2. The van der Waals surface area contributed by atoms with Crippen molar-refractivity contribution in [3.8, 4) is 23.0 Å². The van der Waals surface area contributed by atoms with Crippen LogP contribution < -0.4 is 24.8 Å². The quantitative estimate of drug-likeness (QED) is 0.156. The Morgan fingerprint density at radius 2 is 1.44 bits per heavy atom. The van der Waals surface area contributed by atoms with Gasteiger partial charge in [0.2, 0.25) is 0 Å². The van der Waals surface area contributed by atoms with Gasteiger partial charge in [-0.3, -0.25) is 9.59 Å².